The van der Waals surface area contributed by atoms with Crippen molar-refractivity contribution in [2.45, 2.75) is 70.7 Å². The summed E-state index contributed by atoms with van der Waals surface area (Å²) in [5.74, 6) is 0.441. The van der Waals surface area contributed by atoms with Gasteiger partial charge in [-0.3, -0.25) is 4.79 Å². The molecule has 0 aromatic rings. The Labute approximate surface area is 137 Å². The maximum Gasteiger partial charge on any atom is 0.159 e. The highest BCUT2D eigenvalue weighted by molar-refractivity contribution is 5.94. The van der Waals surface area contributed by atoms with Crippen LogP contribution in [0.2, 0.25) is 0 Å². The number of hydrogen-bond donors (Lipinski definition) is 3. The van der Waals surface area contributed by atoms with Crippen molar-refractivity contribution < 1.29 is 20.1 Å². The molecule has 0 aliphatic heterocycles. The minimum absolute atomic E-state index is 0.00235. The summed E-state index contributed by atoms with van der Waals surface area (Å²) < 4.78 is 0. The van der Waals surface area contributed by atoms with E-state index in [0.717, 1.165) is 31.3 Å². The summed E-state index contributed by atoms with van der Waals surface area (Å²) in [6, 6.07) is 0. The lowest BCUT2D eigenvalue weighted by molar-refractivity contribution is -0.136. The zero-order chi connectivity index (χ0) is 16.6. The molecule has 23 heavy (non-hydrogen) atoms. The molecule has 0 bridgehead atoms. The van der Waals surface area contributed by atoms with Gasteiger partial charge in [-0.15, -0.1) is 0 Å². The summed E-state index contributed by atoms with van der Waals surface area (Å²) in [5, 5.41) is 30.6. The second-order valence-corrected chi connectivity index (χ2v) is 8.92. The van der Waals surface area contributed by atoms with E-state index in [1.165, 1.54) is 0 Å². The molecule has 4 nitrogen and oxygen atoms in total. The van der Waals surface area contributed by atoms with Crippen LogP contribution in [0.3, 0.4) is 0 Å². The van der Waals surface area contributed by atoms with Crippen LogP contribution in [0.25, 0.3) is 0 Å². The minimum Gasteiger partial charge on any atom is -0.393 e. The van der Waals surface area contributed by atoms with Gasteiger partial charge in [0, 0.05) is 5.92 Å². The average molecular weight is 320 g/mol. The SMILES string of the molecule is C[C@]12CC[C@H]3[C@@H](C(=O)C=C4C[C@@H](O)CC[C@@]43C)[C@@H]1C[C@@H](O)[C@@H]2O. The van der Waals surface area contributed by atoms with Gasteiger partial charge in [-0.25, -0.2) is 0 Å². The van der Waals surface area contributed by atoms with Crippen LogP contribution in [0.5, 0.6) is 0 Å². The van der Waals surface area contributed by atoms with E-state index in [1.807, 2.05) is 6.92 Å². The van der Waals surface area contributed by atoms with Crippen LogP contribution < -0.4 is 0 Å². The molecule has 8 atom stereocenters. The Balaban J connectivity index is 1.75. The van der Waals surface area contributed by atoms with Gasteiger partial charge < -0.3 is 15.3 Å². The first-order chi connectivity index (χ1) is 10.8. The largest absolute Gasteiger partial charge is 0.393 e. The molecule has 4 aliphatic rings. The maximum atomic E-state index is 12.9. The van der Waals surface area contributed by atoms with Crippen molar-refractivity contribution in [2.24, 2.45) is 28.6 Å². The van der Waals surface area contributed by atoms with Crippen molar-refractivity contribution >= 4 is 5.78 Å². The third kappa shape index (κ3) is 1.98. The Morgan fingerprint density at radius 1 is 1.09 bits per heavy atom. The molecular formula is C19H28O4. The second-order valence-electron chi connectivity index (χ2n) is 8.92. The lowest BCUT2D eigenvalue weighted by Gasteiger charge is -2.56. The molecule has 128 valence electrons. The van der Waals surface area contributed by atoms with Gasteiger partial charge in [-0.1, -0.05) is 19.4 Å². The summed E-state index contributed by atoms with van der Waals surface area (Å²) in [7, 11) is 0. The molecule has 3 N–H and O–H groups in total. The number of carbonyl (C=O) groups excluding carboxylic acids is 1. The summed E-state index contributed by atoms with van der Waals surface area (Å²) in [4.78, 5) is 12.9. The number of aliphatic hydroxyl groups is 3. The standard InChI is InChI=1S/C19H28O4/c1-18-5-3-11(20)7-10(18)8-14(21)16-12(18)4-6-19(2)13(16)9-15(22)17(19)23/h8,11-13,15-17,20,22-23H,3-7,9H2,1-2H3/t11-,12-,13-,15+,16+,17-,18-,19-/m0/s1. The zero-order valence-electron chi connectivity index (χ0n) is 14.0. The number of aliphatic hydroxyl groups excluding tert-OH is 3. The van der Waals surface area contributed by atoms with Gasteiger partial charge in [-0.2, -0.15) is 0 Å². The van der Waals surface area contributed by atoms with E-state index in [4.69, 9.17) is 0 Å². The van der Waals surface area contributed by atoms with Crippen LogP contribution >= 0.6 is 0 Å². The van der Waals surface area contributed by atoms with Gasteiger partial charge in [0.2, 0.25) is 0 Å². The Hall–Kier alpha value is -0.710. The minimum atomic E-state index is -0.715. The highest BCUT2D eigenvalue weighted by atomic mass is 16.3. The fourth-order valence-electron chi connectivity index (χ4n) is 6.38. The van der Waals surface area contributed by atoms with Crippen molar-refractivity contribution in [3.05, 3.63) is 11.6 Å². The van der Waals surface area contributed by atoms with E-state index in [-0.39, 0.29) is 40.5 Å². The third-order valence-corrected chi connectivity index (χ3v) is 7.89. The number of ketones is 1. The topological polar surface area (TPSA) is 77.8 Å². The second kappa shape index (κ2) is 4.90. The molecule has 3 fully saturated rings. The summed E-state index contributed by atoms with van der Waals surface area (Å²) in [6.45, 7) is 4.31. The lowest BCUT2D eigenvalue weighted by atomic mass is 9.47. The number of hydrogen-bond acceptors (Lipinski definition) is 4. The van der Waals surface area contributed by atoms with E-state index < -0.39 is 12.2 Å². The van der Waals surface area contributed by atoms with Gasteiger partial charge in [-0.05, 0) is 67.3 Å². The van der Waals surface area contributed by atoms with Crippen molar-refractivity contribution in [2.75, 3.05) is 0 Å². The molecule has 4 rings (SSSR count). The first-order valence-corrected chi connectivity index (χ1v) is 9.06. The number of fused-ring (bicyclic) bond motifs is 5. The molecule has 0 aromatic heterocycles. The smallest absolute Gasteiger partial charge is 0.159 e. The molecule has 4 aliphatic carbocycles. The maximum absolute atomic E-state index is 12.9. The van der Waals surface area contributed by atoms with Gasteiger partial charge in [0.25, 0.3) is 0 Å². The Bertz CT molecular complexity index is 570. The number of rotatable bonds is 0. The van der Waals surface area contributed by atoms with E-state index in [2.05, 4.69) is 6.92 Å². The molecule has 0 saturated heterocycles. The van der Waals surface area contributed by atoms with Gasteiger partial charge >= 0.3 is 0 Å². The van der Waals surface area contributed by atoms with Crippen molar-refractivity contribution in [1.82, 2.24) is 0 Å². The lowest BCUT2D eigenvalue weighted by Crippen LogP contribution is -2.54. The molecule has 3 saturated carbocycles. The molecule has 0 spiro atoms. The van der Waals surface area contributed by atoms with Gasteiger partial charge in [0.1, 0.15) is 0 Å². The molecule has 0 heterocycles. The summed E-state index contributed by atoms with van der Waals surface area (Å²) >= 11 is 0. The quantitative estimate of drug-likeness (QED) is 0.636. The Kier molecular flexibility index (Phi) is 3.37. The molecule has 4 heteroatoms. The summed E-state index contributed by atoms with van der Waals surface area (Å²) in [6.07, 6.45) is 4.75. The summed E-state index contributed by atoms with van der Waals surface area (Å²) in [5.41, 5.74) is 0.786. The van der Waals surface area contributed by atoms with E-state index in [9.17, 15) is 20.1 Å². The van der Waals surface area contributed by atoms with E-state index >= 15 is 0 Å². The van der Waals surface area contributed by atoms with Crippen LogP contribution in [0, 0.1) is 28.6 Å². The van der Waals surface area contributed by atoms with E-state index in [0.29, 0.717) is 12.8 Å². The zero-order valence-corrected chi connectivity index (χ0v) is 14.0. The highest BCUT2D eigenvalue weighted by Crippen LogP contribution is 2.64. The van der Waals surface area contributed by atoms with Crippen molar-refractivity contribution in [3.63, 3.8) is 0 Å². The normalized spacial score (nSPS) is 55.7. The van der Waals surface area contributed by atoms with Crippen molar-refractivity contribution in [3.8, 4) is 0 Å². The van der Waals surface area contributed by atoms with Crippen LogP contribution in [0.1, 0.15) is 52.4 Å². The first-order valence-electron chi connectivity index (χ1n) is 9.06. The van der Waals surface area contributed by atoms with Crippen LogP contribution in [0.15, 0.2) is 11.6 Å². The van der Waals surface area contributed by atoms with Gasteiger partial charge in [0.15, 0.2) is 5.78 Å². The monoisotopic (exact) mass is 320 g/mol. The average Bonchev–Trinajstić information content (AvgIpc) is 2.73. The Morgan fingerprint density at radius 3 is 2.57 bits per heavy atom. The highest BCUT2D eigenvalue weighted by Gasteiger charge is 2.62. The first kappa shape index (κ1) is 15.8. The predicted molar refractivity (Wildman–Crippen MR) is 85.5 cm³/mol. The predicted octanol–water partition coefficient (Wildman–Crippen LogP) is 1.82. The molecular weight excluding hydrogens is 292 g/mol. The molecule has 0 radical (unpaired) electrons. The number of carbonyl (C=O) groups is 1. The van der Waals surface area contributed by atoms with Crippen molar-refractivity contribution in [1.29, 1.82) is 0 Å². The molecule has 0 amide bonds. The third-order valence-electron chi connectivity index (χ3n) is 7.89. The molecule has 0 aromatic carbocycles. The molecule has 0 unspecified atom stereocenters. The van der Waals surface area contributed by atoms with Crippen LogP contribution in [-0.4, -0.2) is 39.4 Å². The number of allylic oxidation sites excluding steroid dienone is 1. The van der Waals surface area contributed by atoms with E-state index in [1.54, 1.807) is 6.08 Å². The fraction of sp³-hybridized carbons (Fsp3) is 0.842. The fourth-order valence-corrected chi connectivity index (χ4v) is 6.38. The van der Waals surface area contributed by atoms with Gasteiger partial charge in [0.05, 0.1) is 18.3 Å². The van der Waals surface area contributed by atoms with Crippen LogP contribution in [0.4, 0.5) is 0 Å². The van der Waals surface area contributed by atoms with Crippen LogP contribution in [-0.2, 0) is 4.79 Å². The Morgan fingerprint density at radius 2 is 1.83 bits per heavy atom.